The van der Waals surface area contributed by atoms with Gasteiger partial charge in [0.1, 0.15) is 0 Å². The van der Waals surface area contributed by atoms with Gasteiger partial charge in [0.05, 0.1) is 5.56 Å². The molecular weight excluding hydrogens is 267 g/mol. The van der Waals surface area contributed by atoms with E-state index in [2.05, 4.69) is 0 Å². The second-order valence-corrected chi connectivity index (χ2v) is 5.09. The zero-order valence-electron chi connectivity index (χ0n) is 10.9. The average molecular weight is 283 g/mol. The van der Waals surface area contributed by atoms with E-state index in [4.69, 9.17) is 5.73 Å². The van der Waals surface area contributed by atoms with E-state index in [0.29, 0.717) is 25.0 Å². The summed E-state index contributed by atoms with van der Waals surface area (Å²) in [5.74, 6) is -0.0368. The van der Waals surface area contributed by atoms with Gasteiger partial charge in [0, 0.05) is 17.7 Å². The van der Waals surface area contributed by atoms with Crippen LogP contribution in [-0.4, -0.2) is 5.78 Å². The first-order valence-corrected chi connectivity index (χ1v) is 6.52. The van der Waals surface area contributed by atoms with Crippen molar-refractivity contribution in [3.63, 3.8) is 0 Å². The van der Waals surface area contributed by atoms with Crippen LogP contribution in [0.1, 0.15) is 30.4 Å². The van der Waals surface area contributed by atoms with Crippen molar-refractivity contribution in [1.82, 2.24) is 0 Å². The van der Waals surface area contributed by atoms with E-state index < -0.39 is 11.7 Å². The van der Waals surface area contributed by atoms with Gasteiger partial charge in [-0.3, -0.25) is 4.79 Å². The number of hydrogen-bond donors (Lipinski definition) is 1. The summed E-state index contributed by atoms with van der Waals surface area (Å²) in [5, 5.41) is 0. The van der Waals surface area contributed by atoms with E-state index in [1.165, 1.54) is 18.2 Å². The van der Waals surface area contributed by atoms with Crippen LogP contribution < -0.4 is 5.73 Å². The molecule has 0 heterocycles. The molecule has 2 rings (SSSR count). The molecule has 0 radical (unpaired) electrons. The first-order valence-electron chi connectivity index (χ1n) is 6.52. The lowest BCUT2D eigenvalue weighted by Gasteiger charge is -2.18. The maximum Gasteiger partial charge on any atom is 0.416 e. The molecule has 1 aliphatic rings. The number of carbonyl (C=O) groups excluding carboxylic acids is 1. The Balaban J connectivity index is 1.93. The SMILES string of the molecule is NC1=CC(=O)C(CCc2ccc(C(F)(F)F)cc2)CC1. The lowest BCUT2D eigenvalue weighted by atomic mass is 9.86. The van der Waals surface area contributed by atoms with E-state index in [-0.39, 0.29) is 11.7 Å². The second kappa shape index (κ2) is 5.69. The summed E-state index contributed by atoms with van der Waals surface area (Å²) in [6, 6.07) is 5.10. The van der Waals surface area contributed by atoms with Crippen molar-refractivity contribution in [1.29, 1.82) is 0 Å². The highest BCUT2D eigenvalue weighted by atomic mass is 19.4. The van der Waals surface area contributed by atoms with Crippen LogP contribution in [0, 0.1) is 5.92 Å². The summed E-state index contributed by atoms with van der Waals surface area (Å²) >= 11 is 0. The van der Waals surface area contributed by atoms with Crippen LogP contribution in [0.15, 0.2) is 36.0 Å². The van der Waals surface area contributed by atoms with Gasteiger partial charge in [-0.15, -0.1) is 0 Å². The number of benzene rings is 1. The first-order chi connectivity index (χ1) is 9.36. The Bertz CT molecular complexity index is 517. The maximum atomic E-state index is 12.4. The smallest absolute Gasteiger partial charge is 0.402 e. The van der Waals surface area contributed by atoms with E-state index in [1.807, 2.05) is 0 Å². The first kappa shape index (κ1) is 14.6. The predicted molar refractivity (Wildman–Crippen MR) is 69.8 cm³/mol. The van der Waals surface area contributed by atoms with Crippen LogP contribution in [0.25, 0.3) is 0 Å². The highest BCUT2D eigenvalue weighted by Crippen LogP contribution is 2.29. The quantitative estimate of drug-likeness (QED) is 0.923. The summed E-state index contributed by atoms with van der Waals surface area (Å²) < 4.78 is 37.3. The number of hydrogen-bond acceptors (Lipinski definition) is 2. The van der Waals surface area contributed by atoms with Crippen LogP contribution in [0.3, 0.4) is 0 Å². The Morgan fingerprint density at radius 2 is 1.85 bits per heavy atom. The molecule has 1 atom stereocenters. The van der Waals surface area contributed by atoms with E-state index in [0.717, 1.165) is 24.1 Å². The zero-order chi connectivity index (χ0) is 14.8. The van der Waals surface area contributed by atoms with Gasteiger partial charge in [-0.05, 0) is 43.4 Å². The number of carbonyl (C=O) groups is 1. The third-order valence-electron chi connectivity index (χ3n) is 3.57. The fourth-order valence-electron chi connectivity index (χ4n) is 2.34. The van der Waals surface area contributed by atoms with Crippen molar-refractivity contribution in [2.45, 2.75) is 31.9 Å². The number of halogens is 3. The van der Waals surface area contributed by atoms with Gasteiger partial charge in [0.15, 0.2) is 5.78 Å². The van der Waals surface area contributed by atoms with Crippen molar-refractivity contribution < 1.29 is 18.0 Å². The number of ketones is 1. The van der Waals surface area contributed by atoms with Gasteiger partial charge in [-0.1, -0.05) is 12.1 Å². The van der Waals surface area contributed by atoms with Gasteiger partial charge in [0.25, 0.3) is 0 Å². The topological polar surface area (TPSA) is 43.1 Å². The largest absolute Gasteiger partial charge is 0.416 e. The van der Waals surface area contributed by atoms with Gasteiger partial charge >= 0.3 is 6.18 Å². The Morgan fingerprint density at radius 1 is 1.20 bits per heavy atom. The molecule has 2 nitrogen and oxygen atoms in total. The molecule has 0 amide bonds. The van der Waals surface area contributed by atoms with Crippen molar-refractivity contribution >= 4 is 5.78 Å². The lowest BCUT2D eigenvalue weighted by Crippen LogP contribution is -2.20. The summed E-state index contributed by atoms with van der Waals surface area (Å²) in [6.07, 6.45) is -0.150. The molecule has 20 heavy (non-hydrogen) atoms. The number of rotatable bonds is 3. The highest BCUT2D eigenvalue weighted by Gasteiger charge is 2.30. The van der Waals surface area contributed by atoms with Crippen LogP contribution in [0.2, 0.25) is 0 Å². The molecule has 0 fully saturated rings. The van der Waals surface area contributed by atoms with Gasteiger partial charge in [0.2, 0.25) is 0 Å². The van der Waals surface area contributed by atoms with Crippen LogP contribution in [-0.2, 0) is 17.4 Å². The Labute approximate surface area is 115 Å². The fraction of sp³-hybridized carbons (Fsp3) is 0.400. The molecule has 5 heteroatoms. The molecule has 0 bridgehead atoms. The molecule has 0 aromatic heterocycles. The Morgan fingerprint density at radius 3 is 2.40 bits per heavy atom. The lowest BCUT2D eigenvalue weighted by molar-refractivity contribution is -0.137. The normalized spacial score (nSPS) is 19.9. The van der Waals surface area contributed by atoms with E-state index >= 15 is 0 Å². The minimum atomic E-state index is -4.31. The van der Waals surface area contributed by atoms with Gasteiger partial charge < -0.3 is 5.73 Å². The minimum absolute atomic E-state index is 0.0284. The Hall–Kier alpha value is -1.78. The van der Waals surface area contributed by atoms with Crippen LogP contribution in [0.5, 0.6) is 0 Å². The molecule has 1 aromatic carbocycles. The molecular formula is C15H16F3NO. The summed E-state index contributed by atoms with van der Waals surface area (Å²) in [4.78, 5) is 11.7. The predicted octanol–water partition coefficient (Wildman–Crippen LogP) is 3.46. The number of allylic oxidation sites excluding steroid dienone is 2. The molecule has 0 aliphatic heterocycles. The van der Waals surface area contributed by atoms with Gasteiger partial charge in [-0.25, -0.2) is 0 Å². The van der Waals surface area contributed by atoms with Crippen molar-refractivity contribution in [3.05, 3.63) is 47.2 Å². The molecule has 108 valence electrons. The van der Waals surface area contributed by atoms with E-state index in [9.17, 15) is 18.0 Å². The second-order valence-electron chi connectivity index (χ2n) is 5.09. The minimum Gasteiger partial charge on any atom is -0.402 e. The zero-order valence-corrected chi connectivity index (χ0v) is 10.9. The molecule has 1 unspecified atom stereocenters. The fourth-order valence-corrected chi connectivity index (χ4v) is 2.34. The van der Waals surface area contributed by atoms with Crippen LogP contribution >= 0.6 is 0 Å². The van der Waals surface area contributed by atoms with Gasteiger partial charge in [-0.2, -0.15) is 13.2 Å². The molecule has 0 spiro atoms. The third-order valence-corrected chi connectivity index (χ3v) is 3.57. The summed E-state index contributed by atoms with van der Waals surface area (Å²) in [5.41, 5.74) is 6.36. The molecule has 1 aromatic rings. The summed E-state index contributed by atoms with van der Waals surface area (Å²) in [7, 11) is 0. The highest BCUT2D eigenvalue weighted by molar-refractivity contribution is 5.93. The number of alkyl halides is 3. The Kier molecular flexibility index (Phi) is 4.16. The van der Waals surface area contributed by atoms with E-state index in [1.54, 1.807) is 0 Å². The molecule has 0 saturated heterocycles. The monoisotopic (exact) mass is 283 g/mol. The van der Waals surface area contributed by atoms with Crippen LogP contribution in [0.4, 0.5) is 13.2 Å². The third kappa shape index (κ3) is 3.62. The number of aryl methyl sites for hydroxylation is 1. The molecule has 0 saturated carbocycles. The molecule has 2 N–H and O–H groups in total. The van der Waals surface area contributed by atoms with Crippen molar-refractivity contribution in [2.24, 2.45) is 11.7 Å². The molecule has 1 aliphatic carbocycles. The van der Waals surface area contributed by atoms with Crippen molar-refractivity contribution in [3.8, 4) is 0 Å². The summed E-state index contributed by atoms with van der Waals surface area (Å²) in [6.45, 7) is 0. The standard InChI is InChI=1S/C15H16F3NO/c16-15(17,18)12-6-2-10(3-7-12)1-4-11-5-8-13(19)9-14(11)20/h2-3,6-7,9,11H,1,4-5,8,19H2. The number of nitrogens with two attached hydrogens (primary N) is 1. The van der Waals surface area contributed by atoms with Crippen molar-refractivity contribution in [2.75, 3.05) is 0 Å². The average Bonchev–Trinajstić information content (AvgIpc) is 2.37. The maximum absolute atomic E-state index is 12.4.